The molecule has 1 unspecified atom stereocenters. The molecule has 2 N–H and O–H groups in total. The van der Waals surface area contributed by atoms with Crippen molar-refractivity contribution in [3.63, 3.8) is 0 Å². The Balaban J connectivity index is 1.08. The summed E-state index contributed by atoms with van der Waals surface area (Å²) in [7, 11) is 0. The van der Waals surface area contributed by atoms with Gasteiger partial charge in [0.15, 0.2) is 0 Å². The van der Waals surface area contributed by atoms with E-state index in [0.717, 1.165) is 51.4 Å². The number of aliphatic hydroxyl groups is 1. The SMILES string of the molecule is Cc1ccc2c(c1)NCC21CCN(CC(O)C2CCN(C(=O)C=Cc3cc(F)cc(F)c3)CC2)CC1. The molecule has 2 saturated heterocycles. The molecular weight excluding hydrogens is 460 g/mol. The van der Waals surface area contributed by atoms with Gasteiger partial charge in [0.05, 0.1) is 6.10 Å². The standard InChI is InChI=1S/C29H35F2N3O2/c1-20-2-4-25-26(14-20)32-19-29(25)8-12-33(13-9-29)18-27(35)22-6-10-34(11-7-22)28(36)5-3-21-15-23(30)17-24(31)16-21/h2-5,14-17,22,27,32,35H,6-13,18-19H2,1H3. The van der Waals surface area contributed by atoms with Crippen LogP contribution in [0.4, 0.5) is 14.5 Å². The van der Waals surface area contributed by atoms with Crippen LogP contribution >= 0.6 is 0 Å². The van der Waals surface area contributed by atoms with Gasteiger partial charge < -0.3 is 20.2 Å². The summed E-state index contributed by atoms with van der Waals surface area (Å²) in [6.45, 7) is 6.92. The van der Waals surface area contributed by atoms with E-state index in [-0.39, 0.29) is 17.2 Å². The molecule has 3 aliphatic rings. The molecule has 0 aliphatic carbocycles. The molecule has 192 valence electrons. The molecule has 0 radical (unpaired) electrons. The van der Waals surface area contributed by atoms with Gasteiger partial charge in [0, 0.05) is 49.4 Å². The zero-order chi connectivity index (χ0) is 25.3. The van der Waals surface area contributed by atoms with Gasteiger partial charge in [-0.3, -0.25) is 4.79 Å². The number of carbonyl (C=O) groups excluding carboxylic acids is 1. The largest absolute Gasteiger partial charge is 0.392 e. The minimum Gasteiger partial charge on any atom is -0.392 e. The van der Waals surface area contributed by atoms with Gasteiger partial charge in [0.2, 0.25) is 5.91 Å². The number of hydrogen-bond donors (Lipinski definition) is 2. The number of nitrogens with one attached hydrogen (secondary N) is 1. The summed E-state index contributed by atoms with van der Waals surface area (Å²) in [5.74, 6) is -1.33. The molecule has 2 aromatic rings. The van der Waals surface area contributed by atoms with E-state index >= 15 is 0 Å². The third-order valence-electron chi connectivity index (χ3n) is 8.32. The van der Waals surface area contributed by atoms with Gasteiger partial charge >= 0.3 is 0 Å². The maximum absolute atomic E-state index is 13.3. The van der Waals surface area contributed by atoms with E-state index in [1.807, 2.05) is 0 Å². The number of β-amino-alcohol motifs (C(OH)–C–C–N with tert-alkyl or cyclic N) is 1. The van der Waals surface area contributed by atoms with Crippen LogP contribution in [0.25, 0.3) is 6.08 Å². The molecule has 2 aromatic carbocycles. The van der Waals surface area contributed by atoms with E-state index in [1.165, 1.54) is 41.1 Å². The molecule has 2 fully saturated rings. The number of fused-ring (bicyclic) bond motifs is 2. The van der Waals surface area contributed by atoms with Crippen LogP contribution in [-0.4, -0.2) is 66.2 Å². The number of aliphatic hydroxyl groups excluding tert-OH is 1. The van der Waals surface area contributed by atoms with E-state index in [9.17, 15) is 18.7 Å². The second-order valence-corrected chi connectivity index (χ2v) is 10.7. The third kappa shape index (κ3) is 5.32. The average molecular weight is 496 g/mol. The Kier molecular flexibility index (Phi) is 7.13. The predicted octanol–water partition coefficient (Wildman–Crippen LogP) is 4.35. The quantitative estimate of drug-likeness (QED) is 0.606. The van der Waals surface area contributed by atoms with E-state index in [0.29, 0.717) is 25.2 Å². The third-order valence-corrected chi connectivity index (χ3v) is 8.32. The Morgan fingerprint density at radius 1 is 1.11 bits per heavy atom. The lowest BCUT2D eigenvalue weighted by Gasteiger charge is -2.41. The van der Waals surface area contributed by atoms with Crippen molar-refractivity contribution in [2.24, 2.45) is 5.92 Å². The minimum atomic E-state index is -0.666. The van der Waals surface area contributed by atoms with Gasteiger partial charge in [-0.25, -0.2) is 8.78 Å². The Morgan fingerprint density at radius 2 is 1.81 bits per heavy atom. The summed E-state index contributed by atoms with van der Waals surface area (Å²) >= 11 is 0. The van der Waals surface area contributed by atoms with Gasteiger partial charge in [-0.2, -0.15) is 0 Å². The first kappa shape index (κ1) is 24.9. The van der Waals surface area contributed by atoms with Gasteiger partial charge in [-0.05, 0) is 92.6 Å². The highest BCUT2D eigenvalue weighted by Gasteiger charge is 2.41. The summed E-state index contributed by atoms with van der Waals surface area (Å²) in [6, 6.07) is 9.94. The first-order valence-corrected chi connectivity index (χ1v) is 13.0. The molecule has 3 aliphatic heterocycles. The highest BCUT2D eigenvalue weighted by molar-refractivity contribution is 5.91. The normalized spacial score (nSPS) is 21.1. The van der Waals surface area contributed by atoms with Gasteiger partial charge in [-0.15, -0.1) is 0 Å². The molecular formula is C29H35F2N3O2. The topological polar surface area (TPSA) is 55.8 Å². The van der Waals surface area contributed by atoms with Gasteiger partial charge in [0.1, 0.15) is 11.6 Å². The fourth-order valence-corrected chi connectivity index (χ4v) is 6.10. The van der Waals surface area contributed by atoms with Crippen molar-refractivity contribution in [3.05, 3.63) is 70.8 Å². The fourth-order valence-electron chi connectivity index (χ4n) is 6.10. The maximum atomic E-state index is 13.3. The van der Waals surface area contributed by atoms with Gasteiger partial charge in [-0.1, -0.05) is 12.1 Å². The van der Waals surface area contributed by atoms with Crippen molar-refractivity contribution < 1.29 is 18.7 Å². The number of anilines is 1. The number of rotatable bonds is 5. The summed E-state index contributed by atoms with van der Waals surface area (Å²) in [6.07, 6.45) is 6.10. The molecule has 3 heterocycles. The number of likely N-dealkylation sites (tertiary alicyclic amines) is 2. The Morgan fingerprint density at radius 3 is 2.50 bits per heavy atom. The van der Waals surface area contributed by atoms with Crippen molar-refractivity contribution in [1.82, 2.24) is 9.80 Å². The van der Waals surface area contributed by atoms with Crippen LogP contribution in [0.2, 0.25) is 0 Å². The Bertz CT molecular complexity index is 1120. The fraction of sp³-hybridized carbons (Fsp3) is 0.483. The lowest BCUT2D eigenvalue weighted by Crippen LogP contribution is -2.48. The zero-order valence-corrected chi connectivity index (χ0v) is 20.9. The monoisotopic (exact) mass is 495 g/mol. The first-order chi connectivity index (χ1) is 17.3. The smallest absolute Gasteiger partial charge is 0.246 e. The molecule has 1 atom stereocenters. The van der Waals surface area contributed by atoms with Crippen LogP contribution in [0.3, 0.4) is 0 Å². The number of hydrogen-bond acceptors (Lipinski definition) is 4. The number of amides is 1. The van der Waals surface area contributed by atoms with E-state index in [4.69, 9.17) is 0 Å². The van der Waals surface area contributed by atoms with Crippen molar-refractivity contribution in [3.8, 4) is 0 Å². The summed E-state index contributed by atoms with van der Waals surface area (Å²) in [5, 5.41) is 14.6. The van der Waals surface area contributed by atoms with E-state index in [1.54, 1.807) is 4.90 Å². The van der Waals surface area contributed by atoms with Crippen molar-refractivity contribution in [2.75, 3.05) is 44.6 Å². The molecule has 1 spiro atoms. The first-order valence-electron chi connectivity index (χ1n) is 13.0. The molecule has 36 heavy (non-hydrogen) atoms. The minimum absolute atomic E-state index is 0.170. The number of piperidine rings is 2. The summed E-state index contributed by atoms with van der Waals surface area (Å²) in [4.78, 5) is 16.7. The summed E-state index contributed by atoms with van der Waals surface area (Å²) in [5.41, 5.74) is 4.54. The lowest BCUT2D eigenvalue weighted by atomic mass is 9.74. The number of nitrogens with zero attached hydrogens (tertiary/aromatic N) is 2. The van der Waals surface area contributed by atoms with Crippen molar-refractivity contribution >= 4 is 17.7 Å². The zero-order valence-electron chi connectivity index (χ0n) is 20.9. The number of carbonyl (C=O) groups is 1. The highest BCUT2D eigenvalue weighted by Crippen LogP contribution is 2.44. The predicted molar refractivity (Wildman–Crippen MR) is 138 cm³/mol. The van der Waals surface area contributed by atoms with Crippen LogP contribution in [0.1, 0.15) is 42.4 Å². The lowest BCUT2D eigenvalue weighted by molar-refractivity contribution is -0.128. The second-order valence-electron chi connectivity index (χ2n) is 10.7. The molecule has 7 heteroatoms. The number of halogens is 2. The molecule has 1 amide bonds. The van der Waals surface area contributed by atoms with Gasteiger partial charge in [0.25, 0.3) is 0 Å². The van der Waals surface area contributed by atoms with Crippen LogP contribution in [0, 0.1) is 24.5 Å². The van der Waals surface area contributed by atoms with Crippen LogP contribution in [-0.2, 0) is 10.2 Å². The average Bonchev–Trinajstić information content (AvgIpc) is 3.20. The maximum Gasteiger partial charge on any atom is 0.246 e. The molecule has 0 aromatic heterocycles. The molecule has 0 saturated carbocycles. The number of benzene rings is 2. The van der Waals surface area contributed by atoms with Crippen LogP contribution in [0.5, 0.6) is 0 Å². The molecule has 5 nitrogen and oxygen atoms in total. The summed E-state index contributed by atoms with van der Waals surface area (Å²) < 4.78 is 26.7. The molecule has 5 rings (SSSR count). The van der Waals surface area contributed by atoms with E-state index in [2.05, 4.69) is 35.3 Å². The second kappa shape index (κ2) is 10.3. The van der Waals surface area contributed by atoms with Crippen LogP contribution in [0.15, 0.2) is 42.5 Å². The van der Waals surface area contributed by atoms with E-state index < -0.39 is 17.7 Å². The number of aryl methyl sites for hydroxylation is 1. The van der Waals surface area contributed by atoms with Crippen molar-refractivity contribution in [1.29, 1.82) is 0 Å². The highest BCUT2D eigenvalue weighted by atomic mass is 19.1. The van der Waals surface area contributed by atoms with Crippen molar-refractivity contribution in [2.45, 2.75) is 44.1 Å². The Labute approximate surface area is 211 Å². The Hall–Kier alpha value is -2.77. The molecule has 0 bridgehead atoms. The van der Waals surface area contributed by atoms with Crippen LogP contribution < -0.4 is 5.32 Å².